The number of aromatic nitrogens is 2. The van der Waals surface area contributed by atoms with E-state index in [4.69, 9.17) is 5.73 Å². The van der Waals surface area contributed by atoms with Crippen LogP contribution in [0, 0.1) is 11.7 Å². The van der Waals surface area contributed by atoms with Gasteiger partial charge in [-0.3, -0.25) is 4.79 Å². The molecule has 1 aromatic carbocycles. The van der Waals surface area contributed by atoms with Crippen LogP contribution in [0.15, 0.2) is 12.1 Å². The molecule has 2 atom stereocenters. The van der Waals surface area contributed by atoms with E-state index in [0.29, 0.717) is 0 Å². The highest BCUT2D eigenvalue weighted by Crippen LogP contribution is 2.40. The van der Waals surface area contributed by atoms with Crippen LogP contribution in [0.1, 0.15) is 55.5 Å². The summed E-state index contributed by atoms with van der Waals surface area (Å²) >= 11 is 0. The summed E-state index contributed by atoms with van der Waals surface area (Å²) < 4.78 is 92.7. The average molecular weight is 468 g/mol. The van der Waals surface area contributed by atoms with Crippen molar-refractivity contribution in [1.29, 1.82) is 0 Å². The summed E-state index contributed by atoms with van der Waals surface area (Å²) in [6.07, 6.45) is -7.24. The molecule has 5 nitrogen and oxygen atoms in total. The van der Waals surface area contributed by atoms with Gasteiger partial charge in [-0.1, -0.05) is 6.07 Å². The lowest BCUT2D eigenvalue weighted by Gasteiger charge is -2.31. The van der Waals surface area contributed by atoms with Gasteiger partial charge in [0.1, 0.15) is 11.3 Å². The molecule has 1 heterocycles. The highest BCUT2D eigenvalue weighted by atomic mass is 19.3. The van der Waals surface area contributed by atoms with E-state index in [1.165, 1.54) is 6.07 Å². The van der Waals surface area contributed by atoms with Crippen molar-refractivity contribution < 1.29 is 35.5 Å². The first-order chi connectivity index (χ1) is 15.0. The van der Waals surface area contributed by atoms with Gasteiger partial charge >= 0.3 is 0 Å². The fourth-order valence-corrected chi connectivity index (χ4v) is 4.00. The molecule has 1 saturated carbocycles. The number of hydrogen-bond acceptors (Lipinski definition) is 3. The van der Waals surface area contributed by atoms with Gasteiger partial charge in [0.15, 0.2) is 5.82 Å². The molecule has 0 saturated heterocycles. The maximum absolute atomic E-state index is 15.2. The Hall–Kier alpha value is -2.37. The zero-order valence-electron chi connectivity index (χ0n) is 16.9. The van der Waals surface area contributed by atoms with Gasteiger partial charge < -0.3 is 16.0 Å². The predicted octanol–water partition coefficient (Wildman–Crippen LogP) is 4.65. The van der Waals surface area contributed by atoms with E-state index in [1.54, 1.807) is 0 Å². The third-order valence-electron chi connectivity index (χ3n) is 5.76. The number of nitrogens with zero attached hydrogens (tertiary/aromatic N) is 1. The van der Waals surface area contributed by atoms with Gasteiger partial charge in [-0.25, -0.2) is 35.7 Å². The molecule has 1 fully saturated rings. The molecule has 1 aliphatic carbocycles. The number of H-pyrrole nitrogens is 1. The minimum absolute atomic E-state index is 0.152. The van der Waals surface area contributed by atoms with E-state index in [9.17, 15) is 31.1 Å². The second-order valence-corrected chi connectivity index (χ2v) is 8.02. The topological polar surface area (TPSA) is 83.8 Å². The van der Waals surface area contributed by atoms with Crippen molar-refractivity contribution in [1.82, 2.24) is 15.3 Å². The van der Waals surface area contributed by atoms with Gasteiger partial charge in [0.05, 0.1) is 24.0 Å². The Kier molecular flexibility index (Phi) is 7.31. The lowest BCUT2D eigenvalue weighted by atomic mass is 9.82. The van der Waals surface area contributed by atoms with Crippen LogP contribution in [0.2, 0.25) is 0 Å². The van der Waals surface area contributed by atoms with E-state index in [1.807, 2.05) is 5.32 Å². The molecule has 4 N–H and O–H groups in total. The van der Waals surface area contributed by atoms with Crippen LogP contribution in [0.5, 0.6) is 0 Å². The van der Waals surface area contributed by atoms with Crippen LogP contribution < -0.4 is 11.1 Å². The fraction of sp³-hybridized carbons (Fsp3) is 0.600. The van der Waals surface area contributed by atoms with E-state index >= 15 is 4.39 Å². The van der Waals surface area contributed by atoms with Crippen LogP contribution in [-0.4, -0.2) is 41.2 Å². The summed E-state index contributed by atoms with van der Waals surface area (Å²) in [5, 5.41) is 1.84. The highest BCUT2D eigenvalue weighted by molar-refractivity contribution is 5.86. The monoisotopic (exact) mass is 468 g/mol. The summed E-state index contributed by atoms with van der Waals surface area (Å²) in [5.41, 5.74) is 5.68. The van der Waals surface area contributed by atoms with Gasteiger partial charge in [0, 0.05) is 24.8 Å². The fourth-order valence-electron chi connectivity index (χ4n) is 4.00. The first kappa shape index (κ1) is 24.3. The quantitative estimate of drug-likeness (QED) is 0.494. The van der Waals surface area contributed by atoms with Crippen LogP contribution in [0.3, 0.4) is 0 Å². The number of aromatic amines is 1. The van der Waals surface area contributed by atoms with Crippen molar-refractivity contribution in [3.8, 4) is 0 Å². The lowest BCUT2D eigenvalue weighted by molar-refractivity contribution is -0.124. The molecule has 0 radical (unpaired) electrons. The van der Waals surface area contributed by atoms with Crippen LogP contribution >= 0.6 is 0 Å². The number of nitrogens with two attached hydrogens (primary N) is 1. The first-order valence-electron chi connectivity index (χ1n) is 10.1. The number of imidazole rings is 1. The number of rotatable bonds is 8. The molecule has 2 unspecified atom stereocenters. The predicted molar refractivity (Wildman–Crippen MR) is 102 cm³/mol. The second kappa shape index (κ2) is 9.63. The van der Waals surface area contributed by atoms with Crippen LogP contribution in [-0.2, 0) is 4.79 Å². The molecule has 1 aromatic heterocycles. The standard InChI is InChI=1S/C20H23F7N4O/c21-13(22)7-11(19(32)29-8-14(23)24)10-1-2-12-17(15(10)25)31-18(30-12)16(28)9-3-5-20(26,27)6-4-9/h1-2,9,11,13-14,16H,3-8,28H2,(H,29,32)(H,30,31). The van der Waals surface area contributed by atoms with Gasteiger partial charge in [0.25, 0.3) is 6.43 Å². The third kappa shape index (κ3) is 5.51. The SMILES string of the molecule is NC(c1nc2c(F)c(C(CC(F)F)C(=O)NCC(F)F)ccc2[nH]1)C1CCC(F)(F)CC1. The molecule has 0 bridgehead atoms. The van der Waals surface area contributed by atoms with Crippen molar-refractivity contribution in [2.24, 2.45) is 11.7 Å². The molecule has 0 aliphatic heterocycles. The van der Waals surface area contributed by atoms with Crippen LogP contribution in [0.25, 0.3) is 11.0 Å². The molecule has 3 rings (SSSR count). The Labute approximate surface area is 178 Å². The number of carbonyl (C=O) groups excluding carboxylic acids is 1. The zero-order valence-corrected chi connectivity index (χ0v) is 16.9. The molecule has 12 heteroatoms. The first-order valence-corrected chi connectivity index (χ1v) is 10.1. The number of amides is 1. The van der Waals surface area contributed by atoms with Crippen molar-refractivity contribution in [3.05, 3.63) is 29.3 Å². The Morgan fingerprint density at radius 3 is 2.44 bits per heavy atom. The summed E-state index contributed by atoms with van der Waals surface area (Å²) in [6, 6.07) is 1.67. The average Bonchev–Trinajstić information content (AvgIpc) is 3.15. The number of benzene rings is 1. The van der Waals surface area contributed by atoms with Gasteiger partial charge in [-0.2, -0.15) is 0 Å². The number of alkyl halides is 6. The number of hydrogen-bond donors (Lipinski definition) is 3. The molecule has 178 valence electrons. The Morgan fingerprint density at radius 2 is 1.84 bits per heavy atom. The normalized spacial score (nSPS) is 18.9. The lowest BCUT2D eigenvalue weighted by Crippen LogP contribution is -2.34. The molecule has 2 aromatic rings. The smallest absolute Gasteiger partial charge is 0.255 e. The van der Waals surface area contributed by atoms with Crippen molar-refractivity contribution in [3.63, 3.8) is 0 Å². The Balaban J connectivity index is 1.87. The largest absolute Gasteiger partial charge is 0.350 e. The molecule has 1 amide bonds. The van der Waals surface area contributed by atoms with Crippen molar-refractivity contribution in [2.75, 3.05) is 6.54 Å². The van der Waals surface area contributed by atoms with Gasteiger partial charge in [0.2, 0.25) is 18.3 Å². The minimum atomic E-state index is -2.99. The molecular formula is C20H23F7N4O. The summed E-state index contributed by atoms with van der Waals surface area (Å²) in [5.74, 6) is -6.80. The Morgan fingerprint density at radius 1 is 1.19 bits per heavy atom. The highest BCUT2D eigenvalue weighted by Gasteiger charge is 2.38. The van der Waals surface area contributed by atoms with E-state index < -0.39 is 61.0 Å². The van der Waals surface area contributed by atoms with Crippen molar-refractivity contribution in [2.45, 2.75) is 62.8 Å². The zero-order chi connectivity index (χ0) is 23.6. The Bertz CT molecular complexity index is 939. The number of fused-ring (bicyclic) bond motifs is 1. The molecule has 0 spiro atoms. The third-order valence-corrected chi connectivity index (χ3v) is 5.76. The maximum atomic E-state index is 15.2. The van der Waals surface area contributed by atoms with Crippen molar-refractivity contribution >= 4 is 16.9 Å². The molecular weight excluding hydrogens is 445 g/mol. The summed E-state index contributed by atoms with van der Waals surface area (Å²) in [7, 11) is 0. The van der Waals surface area contributed by atoms with Crippen LogP contribution in [0.4, 0.5) is 30.7 Å². The maximum Gasteiger partial charge on any atom is 0.255 e. The van der Waals surface area contributed by atoms with Gasteiger partial charge in [-0.05, 0) is 24.8 Å². The number of halogens is 7. The van der Waals surface area contributed by atoms with E-state index in [-0.39, 0.29) is 48.5 Å². The van der Waals surface area contributed by atoms with E-state index in [0.717, 1.165) is 6.07 Å². The summed E-state index contributed by atoms with van der Waals surface area (Å²) in [4.78, 5) is 19.1. The minimum Gasteiger partial charge on any atom is -0.350 e. The summed E-state index contributed by atoms with van der Waals surface area (Å²) in [6.45, 7) is -1.05. The van der Waals surface area contributed by atoms with E-state index in [2.05, 4.69) is 9.97 Å². The van der Waals surface area contributed by atoms with Gasteiger partial charge in [-0.15, -0.1) is 0 Å². The molecule has 32 heavy (non-hydrogen) atoms. The number of nitrogens with one attached hydrogen (secondary N) is 2. The molecule has 1 aliphatic rings. The second-order valence-electron chi connectivity index (χ2n) is 8.02. The number of carbonyl (C=O) groups is 1.